The van der Waals surface area contributed by atoms with Crippen molar-refractivity contribution in [3.63, 3.8) is 0 Å². The second kappa shape index (κ2) is 3.71. The summed E-state index contributed by atoms with van der Waals surface area (Å²) in [5.41, 5.74) is 0.779. The van der Waals surface area contributed by atoms with Gasteiger partial charge in [-0.3, -0.25) is 0 Å². The summed E-state index contributed by atoms with van der Waals surface area (Å²) < 4.78 is 0. The van der Waals surface area contributed by atoms with Gasteiger partial charge < -0.3 is 5.32 Å². The first-order chi connectivity index (χ1) is 6.91. The number of hydrogen-bond acceptors (Lipinski definition) is 2. The third kappa shape index (κ3) is 1.61. The molecular weight excluding hydrogens is 190 g/mol. The lowest BCUT2D eigenvalue weighted by Gasteiger charge is -2.28. The second-order valence-electron chi connectivity index (χ2n) is 5.43. The molecule has 2 heteroatoms. The fraction of sp³-hybridized carbons (Fsp3) is 1.00. The van der Waals surface area contributed by atoms with Crippen LogP contribution in [0.3, 0.4) is 0 Å². The molecule has 0 aromatic carbocycles. The van der Waals surface area contributed by atoms with E-state index in [1.54, 1.807) is 6.42 Å². The van der Waals surface area contributed by atoms with Gasteiger partial charge in [-0.05, 0) is 67.4 Å². The van der Waals surface area contributed by atoms with Gasteiger partial charge in [0.1, 0.15) is 0 Å². The zero-order chi connectivity index (χ0) is 9.43. The highest BCUT2D eigenvalue weighted by Gasteiger charge is 2.56. The summed E-state index contributed by atoms with van der Waals surface area (Å²) in [6.45, 7) is 2.60. The molecule has 0 radical (unpaired) electrons. The van der Waals surface area contributed by atoms with E-state index in [2.05, 4.69) is 17.1 Å². The van der Waals surface area contributed by atoms with Gasteiger partial charge in [0.05, 0.1) is 0 Å². The molecule has 2 aliphatic heterocycles. The van der Waals surface area contributed by atoms with Gasteiger partial charge in [-0.1, -0.05) is 0 Å². The van der Waals surface area contributed by atoms with Crippen LogP contribution in [0, 0.1) is 17.3 Å². The minimum atomic E-state index is 0.779. The minimum absolute atomic E-state index is 0.779. The van der Waals surface area contributed by atoms with Crippen molar-refractivity contribution in [3.8, 4) is 0 Å². The van der Waals surface area contributed by atoms with Gasteiger partial charge in [-0.25, -0.2) is 0 Å². The molecule has 80 valence electrons. The normalized spacial score (nSPS) is 48.0. The number of rotatable bonds is 1. The van der Waals surface area contributed by atoms with Gasteiger partial charge in [0.2, 0.25) is 0 Å². The maximum atomic E-state index is 3.60. The largest absolute Gasteiger partial charge is 0.316 e. The third-order valence-corrected chi connectivity index (χ3v) is 5.76. The molecule has 1 spiro atoms. The van der Waals surface area contributed by atoms with Crippen LogP contribution in [0.5, 0.6) is 0 Å². The van der Waals surface area contributed by atoms with E-state index < -0.39 is 0 Å². The predicted molar refractivity (Wildman–Crippen MR) is 62.7 cm³/mol. The number of nitrogens with one attached hydrogen (secondary N) is 1. The first-order valence-electron chi connectivity index (χ1n) is 6.19. The highest BCUT2D eigenvalue weighted by atomic mass is 32.2. The van der Waals surface area contributed by atoms with Crippen LogP contribution in [-0.4, -0.2) is 24.6 Å². The van der Waals surface area contributed by atoms with Gasteiger partial charge in [-0.15, -0.1) is 0 Å². The Kier molecular flexibility index (Phi) is 2.53. The Labute approximate surface area is 91.4 Å². The first kappa shape index (κ1) is 9.53. The van der Waals surface area contributed by atoms with E-state index in [-0.39, 0.29) is 0 Å². The molecular formula is C12H21NS. The quantitative estimate of drug-likeness (QED) is 0.715. The molecule has 2 heterocycles. The highest BCUT2D eigenvalue weighted by molar-refractivity contribution is 7.99. The van der Waals surface area contributed by atoms with Gasteiger partial charge in [0.15, 0.2) is 0 Å². The Morgan fingerprint density at radius 2 is 2.29 bits per heavy atom. The SMILES string of the molecule is C1CSCC(C2CC23CCCNC3)C1. The van der Waals surface area contributed by atoms with E-state index in [1.165, 1.54) is 50.3 Å². The second-order valence-corrected chi connectivity index (χ2v) is 6.58. The lowest BCUT2D eigenvalue weighted by atomic mass is 9.87. The van der Waals surface area contributed by atoms with E-state index in [4.69, 9.17) is 0 Å². The molecule has 0 amide bonds. The fourth-order valence-electron chi connectivity index (χ4n) is 3.61. The molecule has 3 atom stereocenters. The van der Waals surface area contributed by atoms with Crippen LogP contribution >= 0.6 is 11.8 Å². The van der Waals surface area contributed by atoms with Crippen LogP contribution in [0.25, 0.3) is 0 Å². The molecule has 1 nitrogen and oxygen atoms in total. The Bertz CT molecular complexity index is 204. The van der Waals surface area contributed by atoms with Crippen LogP contribution in [0.4, 0.5) is 0 Å². The summed E-state index contributed by atoms with van der Waals surface area (Å²) in [7, 11) is 0. The van der Waals surface area contributed by atoms with Crippen molar-refractivity contribution in [2.45, 2.75) is 32.1 Å². The molecule has 1 N–H and O–H groups in total. The molecule has 3 aliphatic rings. The molecule has 14 heavy (non-hydrogen) atoms. The summed E-state index contributed by atoms with van der Waals surface area (Å²) in [6, 6.07) is 0. The van der Waals surface area contributed by atoms with E-state index in [0.717, 1.165) is 17.3 Å². The van der Waals surface area contributed by atoms with Crippen LogP contribution in [0.1, 0.15) is 32.1 Å². The lowest BCUT2D eigenvalue weighted by Crippen LogP contribution is -2.33. The standard InChI is InChI=1S/C12H21NS/c1-3-10(8-14-6-1)11-7-12(11)4-2-5-13-9-12/h10-11,13H,1-9H2. The molecule has 3 rings (SSSR count). The highest BCUT2D eigenvalue weighted by Crippen LogP contribution is 2.61. The van der Waals surface area contributed by atoms with Crippen molar-refractivity contribution < 1.29 is 0 Å². The van der Waals surface area contributed by atoms with Crippen molar-refractivity contribution >= 4 is 11.8 Å². The Morgan fingerprint density at radius 3 is 3.00 bits per heavy atom. The average molecular weight is 211 g/mol. The zero-order valence-corrected chi connectivity index (χ0v) is 9.74. The molecule has 3 unspecified atom stereocenters. The third-order valence-electron chi connectivity index (χ3n) is 4.52. The van der Waals surface area contributed by atoms with Crippen molar-refractivity contribution in [1.29, 1.82) is 0 Å². The van der Waals surface area contributed by atoms with Crippen LogP contribution < -0.4 is 5.32 Å². The fourth-order valence-corrected chi connectivity index (χ4v) is 4.85. The van der Waals surface area contributed by atoms with E-state index in [0.29, 0.717) is 0 Å². The summed E-state index contributed by atoms with van der Waals surface area (Å²) >= 11 is 2.20. The van der Waals surface area contributed by atoms with Gasteiger partial charge >= 0.3 is 0 Å². The maximum absolute atomic E-state index is 3.60. The zero-order valence-electron chi connectivity index (χ0n) is 8.93. The summed E-state index contributed by atoms with van der Waals surface area (Å²) in [4.78, 5) is 0. The molecule has 1 aliphatic carbocycles. The monoisotopic (exact) mass is 211 g/mol. The Balaban J connectivity index is 1.59. The summed E-state index contributed by atoms with van der Waals surface area (Å²) in [6.07, 6.45) is 7.50. The van der Waals surface area contributed by atoms with Gasteiger partial charge in [-0.2, -0.15) is 11.8 Å². The summed E-state index contributed by atoms with van der Waals surface area (Å²) in [5.74, 6) is 5.07. The van der Waals surface area contributed by atoms with Crippen molar-refractivity contribution in [2.24, 2.45) is 17.3 Å². The molecule has 2 saturated heterocycles. The number of piperidine rings is 1. The molecule has 1 saturated carbocycles. The lowest BCUT2D eigenvalue weighted by molar-refractivity contribution is 0.287. The molecule has 0 bridgehead atoms. The van der Waals surface area contributed by atoms with Crippen LogP contribution in [0.2, 0.25) is 0 Å². The van der Waals surface area contributed by atoms with Crippen molar-refractivity contribution in [2.75, 3.05) is 24.6 Å². The Hall–Kier alpha value is 0.310. The van der Waals surface area contributed by atoms with Crippen LogP contribution in [-0.2, 0) is 0 Å². The maximum Gasteiger partial charge on any atom is 0.00107 e. The van der Waals surface area contributed by atoms with Gasteiger partial charge in [0.25, 0.3) is 0 Å². The van der Waals surface area contributed by atoms with E-state index in [1.807, 2.05) is 0 Å². The minimum Gasteiger partial charge on any atom is -0.316 e. The molecule has 0 aromatic rings. The predicted octanol–water partition coefficient (Wildman–Crippen LogP) is 2.52. The van der Waals surface area contributed by atoms with E-state index >= 15 is 0 Å². The number of hydrogen-bond donors (Lipinski definition) is 1. The van der Waals surface area contributed by atoms with Gasteiger partial charge in [0, 0.05) is 6.54 Å². The number of thioether (sulfide) groups is 1. The molecule has 0 aromatic heterocycles. The topological polar surface area (TPSA) is 12.0 Å². The molecule has 3 fully saturated rings. The average Bonchev–Trinajstić information content (AvgIpc) is 2.95. The first-order valence-corrected chi connectivity index (χ1v) is 7.35. The van der Waals surface area contributed by atoms with E-state index in [9.17, 15) is 0 Å². The smallest absolute Gasteiger partial charge is 0.00107 e. The summed E-state index contributed by atoms with van der Waals surface area (Å²) in [5, 5.41) is 3.60. The Morgan fingerprint density at radius 1 is 1.29 bits per heavy atom. The van der Waals surface area contributed by atoms with Crippen LogP contribution in [0.15, 0.2) is 0 Å². The van der Waals surface area contributed by atoms with Crippen molar-refractivity contribution in [1.82, 2.24) is 5.32 Å². The van der Waals surface area contributed by atoms with Crippen molar-refractivity contribution in [3.05, 3.63) is 0 Å².